The van der Waals surface area contributed by atoms with E-state index in [0.29, 0.717) is 5.38 Å². The molecule has 0 N–H and O–H groups in total. The Balaban J connectivity index is 2.13. The van der Waals surface area contributed by atoms with Gasteiger partial charge in [0.1, 0.15) is 0 Å². The Kier molecular flexibility index (Phi) is 3.46. The van der Waals surface area contributed by atoms with Crippen LogP contribution in [0.15, 0.2) is 0 Å². The Morgan fingerprint density at radius 3 is 2.25 bits per heavy atom. The molecule has 0 heterocycles. The van der Waals surface area contributed by atoms with E-state index in [1.54, 1.807) is 0 Å². The topological polar surface area (TPSA) is 0 Å². The quantitative estimate of drug-likeness (QED) is 0.582. The summed E-state index contributed by atoms with van der Waals surface area (Å²) in [6.07, 6.45) is 6.91. The van der Waals surface area contributed by atoms with E-state index in [9.17, 15) is 0 Å². The summed E-state index contributed by atoms with van der Waals surface area (Å²) in [5.41, 5.74) is 0.283. The van der Waals surface area contributed by atoms with Crippen molar-refractivity contribution in [2.45, 2.75) is 58.3 Å². The molecule has 1 fully saturated rings. The van der Waals surface area contributed by atoms with Crippen molar-refractivity contribution in [3.8, 4) is 0 Å². The molecular formula is C11H21Cl. The molecule has 0 amide bonds. The lowest BCUT2D eigenvalue weighted by Crippen LogP contribution is -2.22. The first-order valence-electron chi connectivity index (χ1n) is 5.14. The minimum atomic E-state index is 0.283. The van der Waals surface area contributed by atoms with E-state index in [2.05, 4.69) is 20.8 Å². The summed E-state index contributed by atoms with van der Waals surface area (Å²) >= 11 is 6.28. The van der Waals surface area contributed by atoms with Crippen molar-refractivity contribution in [2.75, 3.05) is 0 Å². The molecule has 1 unspecified atom stereocenters. The van der Waals surface area contributed by atoms with Gasteiger partial charge in [0, 0.05) is 5.38 Å². The van der Waals surface area contributed by atoms with Crippen LogP contribution in [0, 0.1) is 11.3 Å². The van der Waals surface area contributed by atoms with Gasteiger partial charge >= 0.3 is 0 Å². The Morgan fingerprint density at radius 1 is 1.33 bits per heavy atom. The van der Waals surface area contributed by atoms with Gasteiger partial charge in [-0.3, -0.25) is 0 Å². The summed E-state index contributed by atoms with van der Waals surface area (Å²) in [6.45, 7) is 6.68. The third kappa shape index (κ3) is 2.97. The normalized spacial score (nSPS) is 22.0. The first kappa shape index (κ1) is 10.4. The molecule has 0 aliphatic heterocycles. The molecule has 0 nitrogen and oxygen atoms in total. The lowest BCUT2D eigenvalue weighted by Gasteiger charge is -2.30. The number of alkyl halides is 1. The van der Waals surface area contributed by atoms with E-state index >= 15 is 0 Å². The van der Waals surface area contributed by atoms with Crippen LogP contribution >= 0.6 is 11.6 Å². The molecular weight excluding hydrogens is 168 g/mol. The van der Waals surface area contributed by atoms with Gasteiger partial charge in [-0.2, -0.15) is 0 Å². The van der Waals surface area contributed by atoms with Crippen LogP contribution in [0.2, 0.25) is 0 Å². The van der Waals surface area contributed by atoms with E-state index in [-0.39, 0.29) is 5.41 Å². The molecule has 1 rings (SSSR count). The number of halogens is 1. The Labute approximate surface area is 81.7 Å². The third-order valence-electron chi connectivity index (χ3n) is 2.99. The fraction of sp³-hybridized carbons (Fsp3) is 1.00. The van der Waals surface area contributed by atoms with Gasteiger partial charge in [0.15, 0.2) is 0 Å². The maximum absolute atomic E-state index is 6.28. The second kappa shape index (κ2) is 4.00. The Morgan fingerprint density at radius 2 is 1.92 bits per heavy atom. The fourth-order valence-electron chi connectivity index (χ4n) is 1.60. The van der Waals surface area contributed by atoms with Crippen LogP contribution in [0.3, 0.4) is 0 Å². The van der Waals surface area contributed by atoms with Crippen LogP contribution in [0.1, 0.15) is 52.9 Å². The van der Waals surface area contributed by atoms with E-state index < -0.39 is 0 Å². The smallest absolute Gasteiger partial charge is 0.0384 e. The summed E-state index contributed by atoms with van der Waals surface area (Å²) < 4.78 is 0. The molecule has 0 aromatic carbocycles. The van der Waals surface area contributed by atoms with Gasteiger partial charge in [0.05, 0.1) is 0 Å². The van der Waals surface area contributed by atoms with Crippen molar-refractivity contribution in [2.24, 2.45) is 11.3 Å². The number of hydrogen-bond donors (Lipinski definition) is 0. The second-order valence-corrected chi connectivity index (χ2v) is 5.73. The molecule has 0 spiro atoms. The second-order valence-electron chi connectivity index (χ2n) is 5.21. The van der Waals surface area contributed by atoms with Crippen LogP contribution < -0.4 is 0 Å². The molecule has 0 aromatic heterocycles. The minimum Gasteiger partial charge on any atom is -0.122 e. The first-order valence-corrected chi connectivity index (χ1v) is 5.58. The standard InChI is InChI=1S/C11H21Cl/c1-11(2,3)10(12)8-7-9-5-4-6-9/h9-10H,4-8H2,1-3H3. The van der Waals surface area contributed by atoms with Crippen molar-refractivity contribution < 1.29 is 0 Å². The van der Waals surface area contributed by atoms with Crippen molar-refractivity contribution in [1.82, 2.24) is 0 Å². The van der Waals surface area contributed by atoms with Crippen LogP contribution in [0.5, 0.6) is 0 Å². The van der Waals surface area contributed by atoms with E-state index in [4.69, 9.17) is 11.6 Å². The summed E-state index contributed by atoms with van der Waals surface area (Å²) in [6, 6.07) is 0. The maximum Gasteiger partial charge on any atom is 0.0384 e. The summed E-state index contributed by atoms with van der Waals surface area (Å²) in [5.74, 6) is 1.01. The summed E-state index contributed by atoms with van der Waals surface area (Å²) in [5, 5.41) is 0.359. The lowest BCUT2D eigenvalue weighted by atomic mass is 9.79. The van der Waals surface area contributed by atoms with Crippen LogP contribution in [0.4, 0.5) is 0 Å². The highest BCUT2D eigenvalue weighted by atomic mass is 35.5. The zero-order chi connectivity index (χ0) is 9.19. The predicted octanol–water partition coefficient (Wildman–Crippen LogP) is 4.22. The minimum absolute atomic E-state index is 0.283. The third-order valence-corrected chi connectivity index (χ3v) is 3.87. The Bertz CT molecular complexity index is 130. The lowest BCUT2D eigenvalue weighted by molar-refractivity contribution is 0.267. The molecule has 1 aliphatic carbocycles. The Hall–Kier alpha value is 0.290. The molecule has 0 bridgehead atoms. The number of hydrogen-bond acceptors (Lipinski definition) is 0. The molecule has 0 radical (unpaired) electrons. The predicted molar refractivity (Wildman–Crippen MR) is 55.7 cm³/mol. The van der Waals surface area contributed by atoms with E-state index in [1.807, 2.05) is 0 Å². The highest BCUT2D eigenvalue weighted by Gasteiger charge is 2.24. The number of rotatable bonds is 3. The average molecular weight is 189 g/mol. The fourth-order valence-corrected chi connectivity index (χ4v) is 1.72. The van der Waals surface area contributed by atoms with Crippen LogP contribution in [-0.4, -0.2) is 5.38 Å². The van der Waals surface area contributed by atoms with Gasteiger partial charge in [0.25, 0.3) is 0 Å². The van der Waals surface area contributed by atoms with Crippen molar-refractivity contribution in [1.29, 1.82) is 0 Å². The molecule has 72 valence electrons. The van der Waals surface area contributed by atoms with Crippen molar-refractivity contribution in [3.63, 3.8) is 0 Å². The highest BCUT2D eigenvalue weighted by Crippen LogP contribution is 2.35. The SMILES string of the molecule is CC(C)(C)C(Cl)CCC1CCC1. The van der Waals surface area contributed by atoms with Crippen LogP contribution in [0.25, 0.3) is 0 Å². The van der Waals surface area contributed by atoms with Gasteiger partial charge in [-0.05, 0) is 24.2 Å². The molecule has 12 heavy (non-hydrogen) atoms. The van der Waals surface area contributed by atoms with Crippen molar-refractivity contribution in [3.05, 3.63) is 0 Å². The molecule has 1 aliphatic rings. The summed E-state index contributed by atoms with van der Waals surface area (Å²) in [7, 11) is 0. The van der Waals surface area contributed by atoms with E-state index in [0.717, 1.165) is 5.92 Å². The molecule has 0 saturated heterocycles. The zero-order valence-corrected chi connectivity index (χ0v) is 9.32. The zero-order valence-electron chi connectivity index (χ0n) is 8.57. The molecule has 1 atom stereocenters. The first-order chi connectivity index (χ1) is 5.50. The van der Waals surface area contributed by atoms with Crippen molar-refractivity contribution >= 4 is 11.6 Å². The monoisotopic (exact) mass is 188 g/mol. The average Bonchev–Trinajstić information content (AvgIpc) is 1.81. The van der Waals surface area contributed by atoms with Gasteiger partial charge in [0.2, 0.25) is 0 Å². The maximum atomic E-state index is 6.28. The summed E-state index contributed by atoms with van der Waals surface area (Å²) in [4.78, 5) is 0. The van der Waals surface area contributed by atoms with Gasteiger partial charge in [-0.25, -0.2) is 0 Å². The highest BCUT2D eigenvalue weighted by molar-refractivity contribution is 6.21. The van der Waals surface area contributed by atoms with Gasteiger partial charge < -0.3 is 0 Å². The molecule has 1 saturated carbocycles. The largest absolute Gasteiger partial charge is 0.122 e. The van der Waals surface area contributed by atoms with Crippen LogP contribution in [-0.2, 0) is 0 Å². The van der Waals surface area contributed by atoms with E-state index in [1.165, 1.54) is 32.1 Å². The molecule has 0 aromatic rings. The van der Waals surface area contributed by atoms with Gasteiger partial charge in [-0.15, -0.1) is 11.6 Å². The van der Waals surface area contributed by atoms with Gasteiger partial charge in [-0.1, -0.05) is 40.0 Å². The molecule has 1 heteroatoms.